The zero-order valence-electron chi connectivity index (χ0n) is 9.13. The van der Waals surface area contributed by atoms with E-state index >= 15 is 0 Å². The molecule has 1 rings (SSSR count). The molecule has 0 aromatic carbocycles. The van der Waals surface area contributed by atoms with Gasteiger partial charge < -0.3 is 10.6 Å². The Hall–Kier alpha value is -0.0800. The van der Waals surface area contributed by atoms with Crippen molar-refractivity contribution in [3.63, 3.8) is 0 Å². The van der Waals surface area contributed by atoms with Crippen molar-refractivity contribution < 1.29 is 0 Å². The van der Waals surface area contributed by atoms with E-state index in [0.29, 0.717) is 0 Å². The predicted octanol–water partition coefficient (Wildman–Crippen LogP) is 1.85. The molecule has 0 radical (unpaired) electrons. The van der Waals surface area contributed by atoms with Gasteiger partial charge in [0.25, 0.3) is 0 Å². The van der Waals surface area contributed by atoms with E-state index in [0.717, 1.165) is 18.5 Å². The lowest BCUT2D eigenvalue weighted by Gasteiger charge is -2.22. The summed E-state index contributed by atoms with van der Waals surface area (Å²) in [6, 6.07) is 0.822. The fourth-order valence-electron chi connectivity index (χ4n) is 2.40. The lowest BCUT2D eigenvalue weighted by atomic mass is 9.97. The first kappa shape index (κ1) is 11.0. The standard InChI is InChI=1S/C11H24N2/c1-13(2)11-5-3-4-10(6-7-11)8-9-12/h10-11H,3-9,12H2,1-2H3. The second-order valence-electron chi connectivity index (χ2n) is 4.57. The first-order valence-electron chi connectivity index (χ1n) is 5.60. The highest BCUT2D eigenvalue weighted by Crippen LogP contribution is 2.26. The molecular formula is C11H24N2. The molecule has 0 aromatic heterocycles. The summed E-state index contributed by atoms with van der Waals surface area (Å²) in [7, 11) is 4.40. The molecule has 1 fully saturated rings. The Morgan fingerprint density at radius 3 is 2.54 bits per heavy atom. The summed E-state index contributed by atoms with van der Waals surface area (Å²) in [4.78, 5) is 2.38. The Morgan fingerprint density at radius 2 is 1.92 bits per heavy atom. The first-order valence-corrected chi connectivity index (χ1v) is 5.60. The Morgan fingerprint density at radius 1 is 1.15 bits per heavy atom. The summed E-state index contributed by atoms with van der Waals surface area (Å²) in [5.41, 5.74) is 5.59. The van der Waals surface area contributed by atoms with Gasteiger partial charge in [0.15, 0.2) is 0 Å². The molecule has 0 aliphatic heterocycles. The summed E-state index contributed by atoms with van der Waals surface area (Å²) in [5.74, 6) is 0.912. The van der Waals surface area contributed by atoms with E-state index < -0.39 is 0 Å². The first-order chi connectivity index (χ1) is 6.24. The van der Waals surface area contributed by atoms with Gasteiger partial charge in [-0.25, -0.2) is 0 Å². The molecule has 0 saturated heterocycles. The zero-order chi connectivity index (χ0) is 9.68. The molecule has 0 amide bonds. The highest BCUT2D eigenvalue weighted by atomic mass is 15.1. The highest BCUT2D eigenvalue weighted by Gasteiger charge is 2.19. The molecule has 2 nitrogen and oxygen atoms in total. The molecule has 0 spiro atoms. The maximum atomic E-state index is 5.59. The summed E-state index contributed by atoms with van der Waals surface area (Å²) in [6.07, 6.45) is 8.18. The fourth-order valence-corrected chi connectivity index (χ4v) is 2.40. The van der Waals surface area contributed by atoms with Crippen LogP contribution in [0.15, 0.2) is 0 Å². The normalized spacial score (nSPS) is 30.5. The lowest BCUT2D eigenvalue weighted by Crippen LogP contribution is -2.27. The largest absolute Gasteiger partial charge is 0.330 e. The van der Waals surface area contributed by atoms with Crippen molar-refractivity contribution in [1.82, 2.24) is 4.90 Å². The van der Waals surface area contributed by atoms with Gasteiger partial charge in [0, 0.05) is 6.04 Å². The van der Waals surface area contributed by atoms with Gasteiger partial charge in [0.05, 0.1) is 0 Å². The molecule has 78 valence electrons. The van der Waals surface area contributed by atoms with Gasteiger partial charge in [-0.1, -0.05) is 12.8 Å². The summed E-state index contributed by atoms with van der Waals surface area (Å²) < 4.78 is 0. The van der Waals surface area contributed by atoms with Gasteiger partial charge in [-0.3, -0.25) is 0 Å². The van der Waals surface area contributed by atoms with Crippen molar-refractivity contribution in [3.8, 4) is 0 Å². The van der Waals surface area contributed by atoms with Crippen LogP contribution in [0.2, 0.25) is 0 Å². The third kappa shape index (κ3) is 3.65. The van der Waals surface area contributed by atoms with E-state index in [9.17, 15) is 0 Å². The molecule has 0 aromatic rings. The topological polar surface area (TPSA) is 29.3 Å². The quantitative estimate of drug-likeness (QED) is 0.678. The van der Waals surface area contributed by atoms with Crippen molar-refractivity contribution in [2.75, 3.05) is 20.6 Å². The average Bonchev–Trinajstić information content (AvgIpc) is 2.30. The number of rotatable bonds is 3. The van der Waals surface area contributed by atoms with Crippen LogP contribution >= 0.6 is 0 Å². The van der Waals surface area contributed by atoms with Crippen LogP contribution in [0.25, 0.3) is 0 Å². The third-order valence-electron chi connectivity index (χ3n) is 3.36. The molecule has 2 unspecified atom stereocenters. The molecular weight excluding hydrogens is 160 g/mol. The highest BCUT2D eigenvalue weighted by molar-refractivity contribution is 4.74. The fraction of sp³-hybridized carbons (Fsp3) is 1.00. The maximum absolute atomic E-state index is 5.59. The van der Waals surface area contributed by atoms with Crippen molar-refractivity contribution >= 4 is 0 Å². The molecule has 1 aliphatic rings. The molecule has 0 bridgehead atoms. The van der Waals surface area contributed by atoms with Gasteiger partial charge >= 0.3 is 0 Å². The maximum Gasteiger partial charge on any atom is 0.00892 e. The van der Waals surface area contributed by atoms with Crippen LogP contribution < -0.4 is 5.73 Å². The minimum Gasteiger partial charge on any atom is -0.330 e. The van der Waals surface area contributed by atoms with Crippen LogP contribution in [-0.2, 0) is 0 Å². The van der Waals surface area contributed by atoms with Crippen molar-refractivity contribution in [2.45, 2.75) is 44.6 Å². The average molecular weight is 184 g/mol. The van der Waals surface area contributed by atoms with E-state index in [2.05, 4.69) is 19.0 Å². The Kier molecular flexibility index (Phi) is 4.74. The van der Waals surface area contributed by atoms with E-state index in [-0.39, 0.29) is 0 Å². The van der Waals surface area contributed by atoms with E-state index in [4.69, 9.17) is 5.73 Å². The molecule has 1 saturated carbocycles. The van der Waals surface area contributed by atoms with Gasteiger partial charge in [-0.15, -0.1) is 0 Å². The van der Waals surface area contributed by atoms with Gasteiger partial charge in [0.2, 0.25) is 0 Å². The SMILES string of the molecule is CN(C)C1CCCC(CCN)CC1. The minimum atomic E-state index is 0.822. The monoisotopic (exact) mass is 184 g/mol. The smallest absolute Gasteiger partial charge is 0.00892 e. The number of nitrogens with zero attached hydrogens (tertiary/aromatic N) is 1. The van der Waals surface area contributed by atoms with Crippen LogP contribution in [0.3, 0.4) is 0 Å². The second-order valence-corrected chi connectivity index (χ2v) is 4.57. The molecule has 2 heteroatoms. The van der Waals surface area contributed by atoms with E-state index in [1.807, 2.05) is 0 Å². The van der Waals surface area contributed by atoms with Crippen LogP contribution in [0.1, 0.15) is 38.5 Å². The zero-order valence-corrected chi connectivity index (χ0v) is 9.13. The molecule has 13 heavy (non-hydrogen) atoms. The molecule has 2 atom stereocenters. The minimum absolute atomic E-state index is 0.822. The van der Waals surface area contributed by atoms with Crippen molar-refractivity contribution in [3.05, 3.63) is 0 Å². The Labute approximate surface area is 82.5 Å². The van der Waals surface area contributed by atoms with Gasteiger partial charge in [-0.2, -0.15) is 0 Å². The third-order valence-corrected chi connectivity index (χ3v) is 3.36. The Balaban J connectivity index is 2.30. The summed E-state index contributed by atoms with van der Waals surface area (Å²) in [6.45, 7) is 0.872. The predicted molar refractivity (Wildman–Crippen MR) is 57.7 cm³/mol. The van der Waals surface area contributed by atoms with Crippen molar-refractivity contribution in [1.29, 1.82) is 0 Å². The van der Waals surface area contributed by atoms with Crippen LogP contribution in [0, 0.1) is 5.92 Å². The van der Waals surface area contributed by atoms with E-state index in [1.54, 1.807) is 0 Å². The Bertz CT molecular complexity index is 134. The molecule has 2 N–H and O–H groups in total. The van der Waals surface area contributed by atoms with Gasteiger partial charge in [-0.05, 0) is 52.2 Å². The summed E-state index contributed by atoms with van der Waals surface area (Å²) >= 11 is 0. The number of nitrogens with two attached hydrogens (primary N) is 1. The van der Waals surface area contributed by atoms with E-state index in [1.165, 1.54) is 38.5 Å². The molecule has 0 heterocycles. The second kappa shape index (κ2) is 5.61. The lowest BCUT2D eigenvalue weighted by molar-refractivity contribution is 0.264. The summed E-state index contributed by atoms with van der Waals surface area (Å²) in [5, 5.41) is 0. The molecule has 1 aliphatic carbocycles. The van der Waals surface area contributed by atoms with Crippen LogP contribution in [0.4, 0.5) is 0 Å². The van der Waals surface area contributed by atoms with Crippen LogP contribution in [-0.4, -0.2) is 31.6 Å². The van der Waals surface area contributed by atoms with Crippen molar-refractivity contribution in [2.24, 2.45) is 11.7 Å². The number of hydrogen-bond acceptors (Lipinski definition) is 2. The van der Waals surface area contributed by atoms with Crippen LogP contribution in [0.5, 0.6) is 0 Å². The number of hydrogen-bond donors (Lipinski definition) is 1. The van der Waals surface area contributed by atoms with Gasteiger partial charge in [0.1, 0.15) is 0 Å².